The minimum absolute atomic E-state index is 0. The Balaban J connectivity index is 0.00000256. The van der Waals surface area contributed by atoms with Gasteiger partial charge in [-0.1, -0.05) is 6.92 Å². The van der Waals surface area contributed by atoms with E-state index in [2.05, 4.69) is 39.8 Å². The summed E-state index contributed by atoms with van der Waals surface area (Å²) < 4.78 is 0. The van der Waals surface area contributed by atoms with E-state index in [0.29, 0.717) is 0 Å². The number of hydrogen-bond acceptors (Lipinski definition) is 2. The zero-order valence-electron chi connectivity index (χ0n) is 10.6. The van der Waals surface area contributed by atoms with E-state index in [1.54, 1.807) is 0 Å². The smallest absolute Gasteiger partial charge is 0.193 e. The molecule has 3 nitrogen and oxygen atoms in total. The number of rotatable bonds is 3. The molecule has 0 saturated carbocycles. The summed E-state index contributed by atoms with van der Waals surface area (Å²) >= 11 is 2.07. The second kappa shape index (κ2) is 9.89. The van der Waals surface area contributed by atoms with Crippen LogP contribution in [-0.4, -0.2) is 48.5 Å². The van der Waals surface area contributed by atoms with E-state index < -0.39 is 0 Å². The molecule has 17 heavy (non-hydrogen) atoms. The van der Waals surface area contributed by atoms with Gasteiger partial charge in [0.15, 0.2) is 5.96 Å². The quantitative estimate of drug-likeness (QED) is 0.272. The minimum atomic E-state index is 0. The molecule has 0 amide bonds. The fourth-order valence-corrected chi connectivity index (χ4v) is 2.92. The lowest BCUT2D eigenvalue weighted by Gasteiger charge is -2.34. The zero-order valence-corrected chi connectivity index (χ0v) is 13.8. The molecule has 1 heterocycles. The monoisotopic (exact) mass is 367 g/mol. The Hall–Kier alpha value is -0.0900. The number of aliphatic imine (C=N–C) groups is 1. The van der Waals surface area contributed by atoms with Crippen molar-refractivity contribution in [3.05, 3.63) is 0 Å². The van der Waals surface area contributed by atoms with Crippen LogP contribution in [0.3, 0.4) is 0 Å². The van der Waals surface area contributed by atoms with Crippen LogP contribution in [0.2, 0.25) is 0 Å². The highest BCUT2D eigenvalue weighted by molar-refractivity contribution is 14.0. The first-order valence-corrected chi connectivity index (χ1v) is 6.87. The lowest BCUT2D eigenvalue weighted by atomic mass is 10.3. The van der Waals surface area contributed by atoms with Gasteiger partial charge in [0, 0.05) is 44.1 Å². The SMILES string of the molecule is C#CCCNC(=NC)N1CCSC(CC)C1.I. The first kappa shape index (κ1) is 16.9. The maximum atomic E-state index is 5.23. The predicted molar refractivity (Wildman–Crippen MR) is 88.3 cm³/mol. The van der Waals surface area contributed by atoms with Crippen molar-refractivity contribution < 1.29 is 0 Å². The van der Waals surface area contributed by atoms with Gasteiger partial charge in [0.1, 0.15) is 0 Å². The largest absolute Gasteiger partial charge is 0.355 e. The summed E-state index contributed by atoms with van der Waals surface area (Å²) in [5.74, 6) is 4.81. The average molecular weight is 367 g/mol. The third kappa shape index (κ3) is 5.87. The number of thioether (sulfide) groups is 1. The molecule has 1 fully saturated rings. The van der Waals surface area contributed by atoms with Crippen LogP contribution in [0.5, 0.6) is 0 Å². The van der Waals surface area contributed by atoms with Crippen LogP contribution >= 0.6 is 35.7 Å². The Morgan fingerprint density at radius 3 is 3.00 bits per heavy atom. The van der Waals surface area contributed by atoms with Crippen molar-refractivity contribution in [3.63, 3.8) is 0 Å². The van der Waals surface area contributed by atoms with Crippen LogP contribution in [-0.2, 0) is 0 Å². The summed E-state index contributed by atoms with van der Waals surface area (Å²) in [6.45, 7) is 5.23. The van der Waals surface area contributed by atoms with E-state index in [4.69, 9.17) is 6.42 Å². The van der Waals surface area contributed by atoms with Gasteiger partial charge in [-0.05, 0) is 6.42 Å². The zero-order chi connectivity index (χ0) is 11.8. The second-order valence-electron chi connectivity index (χ2n) is 3.78. The highest BCUT2D eigenvalue weighted by Crippen LogP contribution is 2.20. The molecule has 0 bridgehead atoms. The average Bonchev–Trinajstić information content (AvgIpc) is 2.35. The molecule has 1 rings (SSSR count). The Bertz CT molecular complexity index is 275. The molecule has 1 aliphatic heterocycles. The van der Waals surface area contributed by atoms with E-state index in [-0.39, 0.29) is 24.0 Å². The third-order valence-electron chi connectivity index (χ3n) is 2.66. The molecular weight excluding hydrogens is 345 g/mol. The molecule has 0 spiro atoms. The molecule has 0 aromatic heterocycles. The first-order valence-electron chi connectivity index (χ1n) is 5.82. The molecule has 1 saturated heterocycles. The van der Waals surface area contributed by atoms with E-state index in [1.807, 2.05) is 7.05 Å². The van der Waals surface area contributed by atoms with Crippen molar-refractivity contribution in [2.75, 3.05) is 32.4 Å². The number of nitrogens with zero attached hydrogens (tertiary/aromatic N) is 2. The van der Waals surface area contributed by atoms with Crippen LogP contribution < -0.4 is 5.32 Å². The molecule has 1 N–H and O–H groups in total. The highest BCUT2D eigenvalue weighted by atomic mass is 127. The normalized spacial score (nSPS) is 20.4. The topological polar surface area (TPSA) is 27.6 Å². The number of hydrogen-bond donors (Lipinski definition) is 1. The van der Waals surface area contributed by atoms with Crippen molar-refractivity contribution in [1.82, 2.24) is 10.2 Å². The summed E-state index contributed by atoms with van der Waals surface area (Å²) in [5.41, 5.74) is 0. The van der Waals surface area contributed by atoms with Crippen LogP contribution in [0.1, 0.15) is 19.8 Å². The van der Waals surface area contributed by atoms with Crippen LogP contribution in [0, 0.1) is 12.3 Å². The Morgan fingerprint density at radius 1 is 1.65 bits per heavy atom. The summed E-state index contributed by atoms with van der Waals surface area (Å²) in [6.07, 6.45) is 7.20. The fourth-order valence-electron chi connectivity index (χ4n) is 1.74. The highest BCUT2D eigenvalue weighted by Gasteiger charge is 2.20. The van der Waals surface area contributed by atoms with E-state index >= 15 is 0 Å². The lowest BCUT2D eigenvalue weighted by Crippen LogP contribution is -2.48. The number of guanidine groups is 1. The maximum Gasteiger partial charge on any atom is 0.193 e. The van der Waals surface area contributed by atoms with E-state index in [0.717, 1.165) is 37.3 Å². The molecule has 0 aromatic rings. The first-order chi connectivity index (χ1) is 7.81. The molecule has 98 valence electrons. The molecule has 1 unspecified atom stereocenters. The standard InChI is InChI=1S/C12H21N3S.HI/c1-4-6-7-14-12(13-3)15-8-9-16-11(5-2)10-15;/h1,11H,5-10H2,2-3H3,(H,13,14);1H. The third-order valence-corrected chi connectivity index (χ3v) is 4.03. The Kier molecular flexibility index (Phi) is 9.84. The van der Waals surface area contributed by atoms with Gasteiger partial charge < -0.3 is 10.2 Å². The van der Waals surface area contributed by atoms with E-state index in [1.165, 1.54) is 12.2 Å². The molecular formula is C12H22IN3S. The summed E-state index contributed by atoms with van der Waals surface area (Å²) in [6, 6.07) is 0. The lowest BCUT2D eigenvalue weighted by molar-refractivity contribution is 0.409. The minimum Gasteiger partial charge on any atom is -0.355 e. The molecule has 5 heteroatoms. The van der Waals surface area contributed by atoms with Gasteiger partial charge in [-0.3, -0.25) is 4.99 Å². The fraction of sp³-hybridized carbons (Fsp3) is 0.750. The van der Waals surface area contributed by atoms with Gasteiger partial charge in [-0.25, -0.2) is 0 Å². The Labute approximate surface area is 126 Å². The number of halogens is 1. The van der Waals surface area contributed by atoms with Gasteiger partial charge in [0.2, 0.25) is 0 Å². The molecule has 1 atom stereocenters. The summed E-state index contributed by atoms with van der Waals surface area (Å²) in [4.78, 5) is 6.64. The Morgan fingerprint density at radius 2 is 2.41 bits per heavy atom. The summed E-state index contributed by atoms with van der Waals surface area (Å²) in [5, 5.41) is 4.04. The molecule has 0 aromatic carbocycles. The molecule has 1 aliphatic rings. The van der Waals surface area contributed by atoms with E-state index in [9.17, 15) is 0 Å². The van der Waals surface area contributed by atoms with Crippen LogP contribution in [0.4, 0.5) is 0 Å². The van der Waals surface area contributed by atoms with Gasteiger partial charge in [-0.15, -0.1) is 36.3 Å². The number of nitrogens with one attached hydrogen (secondary N) is 1. The van der Waals surface area contributed by atoms with Crippen molar-refractivity contribution in [3.8, 4) is 12.3 Å². The van der Waals surface area contributed by atoms with Crippen LogP contribution in [0.15, 0.2) is 4.99 Å². The second-order valence-corrected chi connectivity index (χ2v) is 5.18. The van der Waals surface area contributed by atoms with Crippen LogP contribution in [0.25, 0.3) is 0 Å². The molecule has 0 aliphatic carbocycles. The number of terminal acetylenes is 1. The molecule has 0 radical (unpaired) electrons. The van der Waals surface area contributed by atoms with Crippen molar-refractivity contribution in [1.29, 1.82) is 0 Å². The van der Waals surface area contributed by atoms with Gasteiger partial charge in [-0.2, -0.15) is 11.8 Å². The maximum absolute atomic E-state index is 5.23. The van der Waals surface area contributed by atoms with Gasteiger partial charge in [0.25, 0.3) is 0 Å². The predicted octanol–water partition coefficient (Wildman–Crippen LogP) is 2.03. The van der Waals surface area contributed by atoms with Crippen molar-refractivity contribution in [2.45, 2.75) is 25.0 Å². The van der Waals surface area contributed by atoms with Crippen molar-refractivity contribution >= 4 is 41.7 Å². The van der Waals surface area contributed by atoms with Gasteiger partial charge >= 0.3 is 0 Å². The van der Waals surface area contributed by atoms with Crippen molar-refractivity contribution in [2.24, 2.45) is 4.99 Å². The van der Waals surface area contributed by atoms with Gasteiger partial charge in [0.05, 0.1) is 0 Å². The summed E-state index contributed by atoms with van der Waals surface area (Å²) in [7, 11) is 1.83.